The molecule has 7 nitrogen and oxygen atoms in total. The van der Waals surface area contributed by atoms with Crippen LogP contribution >= 0.6 is 0 Å². The highest BCUT2D eigenvalue weighted by Crippen LogP contribution is 2.15. The van der Waals surface area contributed by atoms with E-state index in [0.29, 0.717) is 36.1 Å². The smallest absolute Gasteiger partial charge is 0.218 e. The molecule has 0 aliphatic heterocycles. The molecule has 29 heavy (non-hydrogen) atoms. The summed E-state index contributed by atoms with van der Waals surface area (Å²) in [6.45, 7) is 3.27. The number of ether oxygens (including phenoxy) is 1. The zero-order valence-corrected chi connectivity index (χ0v) is 17.7. The van der Waals surface area contributed by atoms with Crippen molar-refractivity contribution in [3.05, 3.63) is 59.0 Å². The van der Waals surface area contributed by atoms with Crippen molar-refractivity contribution in [2.24, 2.45) is 4.99 Å². The second-order valence-electron chi connectivity index (χ2n) is 6.58. The number of benzene rings is 1. The van der Waals surface area contributed by atoms with Crippen LogP contribution in [0.15, 0.2) is 41.5 Å². The third kappa shape index (κ3) is 7.69. The maximum atomic E-state index is 13.7. The van der Waals surface area contributed by atoms with Crippen molar-refractivity contribution in [2.75, 3.05) is 19.9 Å². The number of rotatable bonds is 9. The molecule has 1 heterocycles. The quantitative estimate of drug-likeness (QED) is 0.476. The number of hydrogen-bond donors (Lipinski definition) is 2. The van der Waals surface area contributed by atoms with E-state index in [1.54, 1.807) is 13.2 Å². The average Bonchev–Trinajstić information content (AvgIpc) is 2.68. The van der Waals surface area contributed by atoms with Crippen molar-refractivity contribution in [1.29, 1.82) is 0 Å². The molecule has 0 unspecified atom stereocenters. The van der Waals surface area contributed by atoms with Crippen molar-refractivity contribution in [3.8, 4) is 5.88 Å². The van der Waals surface area contributed by atoms with Gasteiger partial charge in [0.1, 0.15) is 5.82 Å². The van der Waals surface area contributed by atoms with Crippen molar-refractivity contribution >= 4 is 15.8 Å². The fraction of sp³-hybridized carbons (Fsp3) is 0.400. The van der Waals surface area contributed by atoms with Gasteiger partial charge in [-0.3, -0.25) is 4.99 Å². The summed E-state index contributed by atoms with van der Waals surface area (Å²) in [4.78, 5) is 8.41. The zero-order chi connectivity index (χ0) is 21.3. The molecule has 2 N–H and O–H groups in total. The van der Waals surface area contributed by atoms with E-state index < -0.39 is 15.7 Å². The molecule has 0 aliphatic rings. The number of guanidine groups is 1. The second-order valence-corrected chi connectivity index (χ2v) is 8.72. The van der Waals surface area contributed by atoms with Crippen LogP contribution in [0.4, 0.5) is 4.39 Å². The lowest BCUT2D eigenvalue weighted by atomic mass is 10.1. The molecule has 2 aromatic rings. The molecule has 1 aromatic carbocycles. The molecule has 158 valence electrons. The lowest BCUT2D eigenvalue weighted by Gasteiger charge is -2.15. The van der Waals surface area contributed by atoms with Crippen molar-refractivity contribution in [1.82, 2.24) is 15.6 Å². The van der Waals surface area contributed by atoms with Gasteiger partial charge in [-0.15, -0.1) is 0 Å². The predicted molar refractivity (Wildman–Crippen MR) is 112 cm³/mol. The Morgan fingerprint density at radius 1 is 1.17 bits per heavy atom. The van der Waals surface area contributed by atoms with Crippen LogP contribution in [0.3, 0.4) is 0 Å². The van der Waals surface area contributed by atoms with Gasteiger partial charge < -0.3 is 15.4 Å². The van der Waals surface area contributed by atoms with Crippen LogP contribution in [-0.4, -0.2) is 39.3 Å². The lowest BCUT2D eigenvalue weighted by molar-refractivity contribution is 0.301. The Hall–Kier alpha value is -2.68. The highest BCUT2D eigenvalue weighted by atomic mass is 32.2. The van der Waals surface area contributed by atoms with Gasteiger partial charge in [-0.25, -0.2) is 17.8 Å². The van der Waals surface area contributed by atoms with E-state index in [2.05, 4.69) is 20.6 Å². The fourth-order valence-electron chi connectivity index (χ4n) is 2.65. The van der Waals surface area contributed by atoms with Crippen molar-refractivity contribution in [2.45, 2.75) is 32.2 Å². The van der Waals surface area contributed by atoms with E-state index in [9.17, 15) is 12.8 Å². The van der Waals surface area contributed by atoms with E-state index in [4.69, 9.17) is 4.74 Å². The first-order valence-electron chi connectivity index (χ1n) is 9.28. The van der Waals surface area contributed by atoms with Crippen LogP contribution < -0.4 is 15.4 Å². The highest BCUT2D eigenvalue weighted by molar-refractivity contribution is 7.89. The third-order valence-electron chi connectivity index (χ3n) is 4.00. The summed E-state index contributed by atoms with van der Waals surface area (Å²) in [7, 11) is -1.61. The van der Waals surface area contributed by atoms with Crippen LogP contribution in [0.2, 0.25) is 0 Å². The molecule has 0 amide bonds. The molecule has 2 rings (SSSR count). The van der Waals surface area contributed by atoms with Crippen molar-refractivity contribution in [3.63, 3.8) is 0 Å². The van der Waals surface area contributed by atoms with E-state index >= 15 is 0 Å². The van der Waals surface area contributed by atoms with Gasteiger partial charge in [0.15, 0.2) is 15.8 Å². The number of hydrogen-bond acceptors (Lipinski definition) is 5. The van der Waals surface area contributed by atoms with E-state index in [1.165, 1.54) is 18.2 Å². The summed E-state index contributed by atoms with van der Waals surface area (Å²) in [5.41, 5.74) is 2.00. The average molecular weight is 423 g/mol. The molecule has 0 radical (unpaired) electrons. The van der Waals surface area contributed by atoms with Gasteiger partial charge in [0.25, 0.3) is 0 Å². The number of sulfone groups is 1. The molecule has 0 aliphatic carbocycles. The number of aromatic nitrogens is 1. The van der Waals surface area contributed by atoms with E-state index in [-0.39, 0.29) is 12.3 Å². The largest absolute Gasteiger partial charge is 0.477 e. The Kier molecular flexibility index (Phi) is 8.38. The first-order valence-corrected chi connectivity index (χ1v) is 11.3. The van der Waals surface area contributed by atoms with Gasteiger partial charge in [-0.2, -0.15) is 0 Å². The molecule has 0 fully saturated rings. The normalized spacial score (nSPS) is 11.9. The third-order valence-corrected chi connectivity index (χ3v) is 4.83. The summed E-state index contributed by atoms with van der Waals surface area (Å²) in [6.07, 6.45) is 3.71. The Morgan fingerprint density at radius 2 is 1.90 bits per heavy atom. The minimum absolute atomic E-state index is 0.149. The van der Waals surface area contributed by atoms with Gasteiger partial charge in [-0.05, 0) is 35.7 Å². The van der Waals surface area contributed by atoms with E-state index in [1.807, 2.05) is 19.1 Å². The summed E-state index contributed by atoms with van der Waals surface area (Å²) < 4.78 is 42.6. The highest BCUT2D eigenvalue weighted by Gasteiger charge is 2.12. The standard InChI is InChI=1S/C20H27FN4O3S/c1-4-10-28-19-15(6-5-9-23-19)12-24-20(22-2)25-13-17-11-18(21)8-7-16(17)14-29(3,26)27/h5-9,11H,4,10,12-14H2,1-3H3,(H2,22,24,25). The fourth-order valence-corrected chi connectivity index (χ4v) is 3.49. The van der Waals surface area contributed by atoms with Gasteiger partial charge in [0.2, 0.25) is 5.88 Å². The van der Waals surface area contributed by atoms with Crippen LogP contribution in [0.5, 0.6) is 5.88 Å². The minimum Gasteiger partial charge on any atom is -0.477 e. The minimum atomic E-state index is -3.23. The van der Waals surface area contributed by atoms with Crippen LogP contribution in [0, 0.1) is 5.82 Å². The molecule has 0 atom stereocenters. The number of aliphatic imine (C=N–C) groups is 1. The maximum Gasteiger partial charge on any atom is 0.218 e. The van der Waals surface area contributed by atoms with Crippen LogP contribution in [-0.2, 0) is 28.7 Å². The molecule has 0 saturated carbocycles. The van der Waals surface area contributed by atoms with Gasteiger partial charge in [0, 0.05) is 38.2 Å². The SMILES string of the molecule is CCCOc1ncccc1CNC(=NC)NCc1cc(F)ccc1CS(C)(=O)=O. The maximum absolute atomic E-state index is 13.7. The summed E-state index contributed by atoms with van der Waals surface area (Å²) in [5, 5.41) is 6.25. The molecular formula is C20H27FN4O3S. The Bertz CT molecular complexity index is 948. The first-order chi connectivity index (χ1) is 13.8. The van der Waals surface area contributed by atoms with E-state index in [0.717, 1.165) is 18.2 Å². The Balaban J connectivity index is 2.03. The molecular weight excluding hydrogens is 395 g/mol. The summed E-state index contributed by atoms with van der Waals surface area (Å²) in [5.74, 6) is 0.488. The van der Waals surface area contributed by atoms with Crippen LogP contribution in [0.25, 0.3) is 0 Å². The molecule has 0 bridgehead atoms. The van der Waals surface area contributed by atoms with Gasteiger partial charge >= 0.3 is 0 Å². The number of pyridine rings is 1. The van der Waals surface area contributed by atoms with Crippen molar-refractivity contribution < 1.29 is 17.5 Å². The second kappa shape index (κ2) is 10.8. The zero-order valence-electron chi connectivity index (χ0n) is 16.9. The number of nitrogens with zero attached hydrogens (tertiary/aromatic N) is 2. The van der Waals surface area contributed by atoms with Gasteiger partial charge in [-0.1, -0.05) is 19.1 Å². The Labute approximate surface area is 171 Å². The topological polar surface area (TPSA) is 92.7 Å². The van der Waals surface area contributed by atoms with Gasteiger partial charge in [0.05, 0.1) is 12.4 Å². The first kappa shape index (κ1) is 22.6. The molecule has 1 aromatic heterocycles. The number of halogens is 1. The predicted octanol–water partition coefficient (Wildman–Crippen LogP) is 2.42. The molecule has 9 heteroatoms. The Morgan fingerprint density at radius 3 is 2.55 bits per heavy atom. The monoisotopic (exact) mass is 422 g/mol. The molecule has 0 saturated heterocycles. The summed E-state index contributed by atoms with van der Waals surface area (Å²) in [6, 6.07) is 7.83. The number of nitrogens with one attached hydrogen (secondary N) is 2. The molecule has 0 spiro atoms. The van der Waals surface area contributed by atoms with Crippen LogP contribution in [0.1, 0.15) is 30.0 Å². The summed E-state index contributed by atoms with van der Waals surface area (Å²) >= 11 is 0. The lowest BCUT2D eigenvalue weighted by Crippen LogP contribution is -2.36.